The van der Waals surface area contributed by atoms with Crippen LogP contribution in [0.3, 0.4) is 0 Å². The van der Waals surface area contributed by atoms with E-state index < -0.39 is 0 Å². The SMILES string of the molecule is COc1ccc(C(NC(=O)CCN2C(=O)COc3ccccc32)C(C)C)cc1. The Morgan fingerprint density at radius 3 is 2.57 bits per heavy atom. The fourth-order valence-corrected chi connectivity index (χ4v) is 3.30. The van der Waals surface area contributed by atoms with Crippen LogP contribution in [0.5, 0.6) is 11.5 Å². The van der Waals surface area contributed by atoms with Gasteiger partial charge in [-0.1, -0.05) is 38.1 Å². The molecule has 0 bridgehead atoms. The zero-order valence-corrected chi connectivity index (χ0v) is 16.5. The Bertz CT molecular complexity index is 833. The molecule has 1 aliphatic heterocycles. The molecule has 148 valence electrons. The van der Waals surface area contributed by atoms with Gasteiger partial charge in [-0.15, -0.1) is 0 Å². The highest BCUT2D eigenvalue weighted by molar-refractivity contribution is 5.98. The highest BCUT2D eigenvalue weighted by atomic mass is 16.5. The standard InChI is InChI=1S/C22H26N2O4/c1-15(2)22(16-8-10-17(27-3)11-9-16)23-20(25)12-13-24-18-6-4-5-7-19(18)28-14-21(24)26/h4-11,15,22H,12-14H2,1-3H3,(H,23,25). The van der Waals surface area contributed by atoms with E-state index in [1.54, 1.807) is 12.0 Å². The molecule has 2 amide bonds. The topological polar surface area (TPSA) is 67.9 Å². The maximum atomic E-state index is 12.6. The van der Waals surface area contributed by atoms with E-state index in [0.29, 0.717) is 18.0 Å². The number of fused-ring (bicyclic) bond motifs is 1. The third-order valence-electron chi connectivity index (χ3n) is 4.83. The minimum absolute atomic E-state index is 0.000893. The number of anilines is 1. The monoisotopic (exact) mass is 382 g/mol. The molecule has 6 nitrogen and oxygen atoms in total. The molecule has 0 saturated carbocycles. The molecule has 0 spiro atoms. The predicted molar refractivity (Wildman–Crippen MR) is 108 cm³/mol. The van der Waals surface area contributed by atoms with Crippen LogP contribution in [0.15, 0.2) is 48.5 Å². The second-order valence-corrected chi connectivity index (χ2v) is 7.11. The Hall–Kier alpha value is -3.02. The molecule has 0 radical (unpaired) electrons. The Morgan fingerprint density at radius 1 is 1.18 bits per heavy atom. The van der Waals surface area contributed by atoms with Crippen molar-refractivity contribution in [3.8, 4) is 11.5 Å². The van der Waals surface area contributed by atoms with Crippen LogP contribution in [0.2, 0.25) is 0 Å². The largest absolute Gasteiger partial charge is 0.497 e. The highest BCUT2D eigenvalue weighted by Gasteiger charge is 2.26. The lowest BCUT2D eigenvalue weighted by molar-refractivity contribution is -0.122. The zero-order chi connectivity index (χ0) is 20.1. The Balaban J connectivity index is 1.64. The molecular formula is C22H26N2O4. The molecule has 1 unspecified atom stereocenters. The van der Waals surface area contributed by atoms with Crippen LogP contribution < -0.4 is 19.7 Å². The van der Waals surface area contributed by atoms with Crippen LogP contribution in [0.25, 0.3) is 0 Å². The summed E-state index contributed by atoms with van der Waals surface area (Å²) in [5, 5.41) is 3.10. The van der Waals surface area contributed by atoms with Gasteiger partial charge in [0, 0.05) is 13.0 Å². The average Bonchev–Trinajstić information content (AvgIpc) is 2.71. The van der Waals surface area contributed by atoms with Crippen LogP contribution in [-0.2, 0) is 9.59 Å². The van der Waals surface area contributed by atoms with E-state index in [1.807, 2.05) is 48.5 Å². The van der Waals surface area contributed by atoms with Gasteiger partial charge in [0.1, 0.15) is 11.5 Å². The Morgan fingerprint density at radius 2 is 1.89 bits per heavy atom. The van der Waals surface area contributed by atoms with Gasteiger partial charge in [-0.3, -0.25) is 9.59 Å². The number of rotatable bonds is 7. The first-order valence-corrected chi connectivity index (χ1v) is 9.45. The summed E-state index contributed by atoms with van der Waals surface area (Å²) in [5.41, 5.74) is 1.74. The second-order valence-electron chi connectivity index (χ2n) is 7.11. The van der Waals surface area contributed by atoms with Crippen molar-refractivity contribution in [2.45, 2.75) is 26.3 Å². The quantitative estimate of drug-likeness (QED) is 0.798. The van der Waals surface area contributed by atoms with Gasteiger partial charge in [0.25, 0.3) is 5.91 Å². The van der Waals surface area contributed by atoms with Crippen LogP contribution >= 0.6 is 0 Å². The number of methoxy groups -OCH3 is 1. The van der Waals surface area contributed by atoms with Crippen molar-refractivity contribution in [2.75, 3.05) is 25.2 Å². The molecule has 1 heterocycles. The number of para-hydroxylation sites is 2. The average molecular weight is 382 g/mol. The fraction of sp³-hybridized carbons (Fsp3) is 0.364. The van der Waals surface area contributed by atoms with Crippen molar-refractivity contribution in [3.63, 3.8) is 0 Å². The van der Waals surface area contributed by atoms with E-state index in [0.717, 1.165) is 11.3 Å². The molecule has 0 saturated heterocycles. The van der Waals surface area contributed by atoms with Gasteiger partial charge in [-0.2, -0.15) is 0 Å². The minimum Gasteiger partial charge on any atom is -0.497 e. The number of hydrogen-bond donors (Lipinski definition) is 1. The molecule has 2 aromatic rings. The lowest BCUT2D eigenvalue weighted by Crippen LogP contribution is -2.41. The van der Waals surface area contributed by atoms with Gasteiger partial charge < -0.3 is 19.7 Å². The van der Waals surface area contributed by atoms with Gasteiger partial charge in [0.2, 0.25) is 5.91 Å². The summed E-state index contributed by atoms with van der Waals surface area (Å²) < 4.78 is 10.6. The van der Waals surface area contributed by atoms with E-state index in [4.69, 9.17) is 9.47 Å². The fourth-order valence-electron chi connectivity index (χ4n) is 3.30. The molecule has 1 N–H and O–H groups in total. The first kappa shape index (κ1) is 19.7. The number of nitrogens with zero attached hydrogens (tertiary/aromatic N) is 1. The molecule has 0 fully saturated rings. The molecule has 3 rings (SSSR count). The second kappa shape index (κ2) is 8.78. The summed E-state index contributed by atoms with van der Waals surface area (Å²) in [5.74, 6) is 1.44. The summed E-state index contributed by atoms with van der Waals surface area (Å²) in [7, 11) is 1.63. The van der Waals surface area contributed by atoms with E-state index >= 15 is 0 Å². The van der Waals surface area contributed by atoms with Crippen LogP contribution in [-0.4, -0.2) is 32.1 Å². The van der Waals surface area contributed by atoms with Crippen LogP contribution in [0, 0.1) is 5.92 Å². The van der Waals surface area contributed by atoms with E-state index in [9.17, 15) is 9.59 Å². The molecule has 0 aliphatic carbocycles. The van der Waals surface area contributed by atoms with Crippen LogP contribution in [0.1, 0.15) is 31.9 Å². The predicted octanol–water partition coefficient (Wildman–Crippen LogP) is 3.32. The van der Waals surface area contributed by atoms with E-state index in [2.05, 4.69) is 19.2 Å². The molecule has 0 aromatic heterocycles. The molecule has 2 aromatic carbocycles. The number of hydrogen-bond acceptors (Lipinski definition) is 4. The minimum atomic E-state index is -0.137. The zero-order valence-electron chi connectivity index (χ0n) is 16.5. The third-order valence-corrected chi connectivity index (χ3v) is 4.83. The van der Waals surface area contributed by atoms with Crippen molar-refractivity contribution in [1.29, 1.82) is 0 Å². The number of nitrogens with one attached hydrogen (secondary N) is 1. The maximum Gasteiger partial charge on any atom is 0.265 e. The number of ether oxygens (including phenoxy) is 2. The van der Waals surface area contributed by atoms with Crippen molar-refractivity contribution >= 4 is 17.5 Å². The van der Waals surface area contributed by atoms with Crippen molar-refractivity contribution in [2.24, 2.45) is 5.92 Å². The van der Waals surface area contributed by atoms with Gasteiger partial charge >= 0.3 is 0 Å². The molecule has 1 atom stereocenters. The third kappa shape index (κ3) is 4.44. The van der Waals surface area contributed by atoms with Gasteiger partial charge in [-0.05, 0) is 35.7 Å². The first-order valence-electron chi connectivity index (χ1n) is 9.45. The smallest absolute Gasteiger partial charge is 0.265 e. The first-order chi connectivity index (χ1) is 13.5. The highest BCUT2D eigenvalue weighted by Crippen LogP contribution is 2.31. The Kier molecular flexibility index (Phi) is 6.19. The number of amides is 2. The van der Waals surface area contributed by atoms with E-state index in [-0.39, 0.29) is 36.8 Å². The summed E-state index contributed by atoms with van der Waals surface area (Å²) in [4.78, 5) is 26.5. The van der Waals surface area contributed by atoms with Crippen LogP contribution in [0.4, 0.5) is 5.69 Å². The summed E-state index contributed by atoms with van der Waals surface area (Å²) in [6, 6.07) is 15.0. The van der Waals surface area contributed by atoms with Gasteiger partial charge in [0.05, 0.1) is 18.8 Å². The number of carbonyl (C=O) groups is 2. The lowest BCUT2D eigenvalue weighted by atomic mass is 9.95. The number of benzene rings is 2. The van der Waals surface area contributed by atoms with Crippen molar-refractivity contribution in [1.82, 2.24) is 5.32 Å². The summed E-state index contributed by atoms with van der Waals surface area (Å²) in [6.45, 7) is 4.45. The summed E-state index contributed by atoms with van der Waals surface area (Å²) >= 11 is 0. The summed E-state index contributed by atoms with van der Waals surface area (Å²) in [6.07, 6.45) is 0.222. The van der Waals surface area contributed by atoms with Crippen molar-refractivity contribution < 1.29 is 19.1 Å². The maximum absolute atomic E-state index is 12.6. The normalized spacial score (nSPS) is 14.3. The van der Waals surface area contributed by atoms with Gasteiger partial charge in [0.15, 0.2) is 6.61 Å². The molecule has 6 heteroatoms. The molecule has 1 aliphatic rings. The molecule has 28 heavy (non-hydrogen) atoms. The van der Waals surface area contributed by atoms with Crippen molar-refractivity contribution in [3.05, 3.63) is 54.1 Å². The Labute approximate surface area is 165 Å². The lowest BCUT2D eigenvalue weighted by Gasteiger charge is -2.29. The van der Waals surface area contributed by atoms with E-state index in [1.165, 1.54) is 0 Å². The van der Waals surface area contributed by atoms with Gasteiger partial charge in [-0.25, -0.2) is 0 Å². The molecular weight excluding hydrogens is 356 g/mol. The number of carbonyl (C=O) groups excluding carboxylic acids is 2.